The van der Waals surface area contributed by atoms with Crippen molar-refractivity contribution in [3.8, 4) is 0 Å². The zero-order chi connectivity index (χ0) is 17.9. The summed E-state index contributed by atoms with van der Waals surface area (Å²) in [5.74, 6) is -2.10. The van der Waals surface area contributed by atoms with Crippen molar-refractivity contribution in [2.45, 2.75) is 32.7 Å². The van der Waals surface area contributed by atoms with Crippen LogP contribution in [0.2, 0.25) is 0 Å². The van der Waals surface area contributed by atoms with E-state index in [1.54, 1.807) is 26.8 Å². The summed E-state index contributed by atoms with van der Waals surface area (Å²) in [7, 11) is 0. The molecule has 1 fully saturated rings. The zero-order valence-corrected chi connectivity index (χ0v) is 13.6. The number of nitrogens with zero attached hydrogens (tertiary/aromatic N) is 2. The van der Waals surface area contributed by atoms with Gasteiger partial charge in [-0.25, -0.2) is 9.59 Å². The van der Waals surface area contributed by atoms with Crippen LogP contribution in [0.5, 0.6) is 0 Å². The molecule has 1 unspecified atom stereocenters. The van der Waals surface area contributed by atoms with Gasteiger partial charge >= 0.3 is 12.0 Å². The van der Waals surface area contributed by atoms with Crippen LogP contribution in [0.25, 0.3) is 0 Å². The van der Waals surface area contributed by atoms with Crippen LogP contribution in [0, 0.1) is 6.92 Å². The first-order valence-electron chi connectivity index (χ1n) is 7.33. The second-order valence-corrected chi connectivity index (χ2v) is 5.56. The molecule has 9 heteroatoms. The Kier molecular flexibility index (Phi) is 4.82. The van der Waals surface area contributed by atoms with E-state index in [0.29, 0.717) is 11.4 Å². The summed E-state index contributed by atoms with van der Waals surface area (Å²) >= 11 is 0. The van der Waals surface area contributed by atoms with Crippen molar-refractivity contribution in [3.63, 3.8) is 0 Å². The molecule has 128 valence electrons. The van der Waals surface area contributed by atoms with Crippen molar-refractivity contribution in [2.75, 3.05) is 6.61 Å². The molecule has 0 aliphatic carbocycles. The van der Waals surface area contributed by atoms with E-state index in [1.807, 2.05) is 0 Å². The lowest BCUT2D eigenvalue weighted by Gasteiger charge is -2.19. The van der Waals surface area contributed by atoms with Gasteiger partial charge in [0.15, 0.2) is 6.61 Å². The number of hydrogen-bond acceptors (Lipinski definition) is 6. The van der Waals surface area contributed by atoms with Crippen LogP contribution in [0.15, 0.2) is 18.3 Å². The number of pyridine rings is 1. The molecule has 0 radical (unpaired) electrons. The summed E-state index contributed by atoms with van der Waals surface area (Å²) in [6, 6.07) is 2.43. The van der Waals surface area contributed by atoms with Crippen molar-refractivity contribution in [1.29, 1.82) is 0 Å². The predicted octanol–water partition coefficient (Wildman–Crippen LogP) is 0.299. The van der Waals surface area contributed by atoms with Gasteiger partial charge in [0.2, 0.25) is 0 Å². The van der Waals surface area contributed by atoms with Crippen LogP contribution >= 0.6 is 0 Å². The zero-order valence-electron chi connectivity index (χ0n) is 13.6. The SMILES string of the molecule is CCC1(C)NC(=O)N(NC(=O)COC(=O)c2ccc(C)nc2)C1=O. The van der Waals surface area contributed by atoms with Gasteiger partial charge in [0.05, 0.1) is 5.56 Å². The number of imide groups is 1. The molecule has 0 saturated carbocycles. The van der Waals surface area contributed by atoms with Gasteiger partial charge in [0.25, 0.3) is 11.8 Å². The Morgan fingerprint density at radius 2 is 2.08 bits per heavy atom. The highest BCUT2D eigenvalue weighted by molar-refractivity contribution is 6.07. The first kappa shape index (κ1) is 17.4. The number of amides is 4. The third-order valence-electron chi connectivity index (χ3n) is 3.69. The minimum Gasteiger partial charge on any atom is -0.452 e. The quantitative estimate of drug-likeness (QED) is 0.590. The van der Waals surface area contributed by atoms with Crippen LogP contribution in [0.1, 0.15) is 36.3 Å². The van der Waals surface area contributed by atoms with Crippen LogP contribution in [0.4, 0.5) is 4.79 Å². The average Bonchev–Trinajstić information content (AvgIpc) is 2.77. The van der Waals surface area contributed by atoms with E-state index >= 15 is 0 Å². The summed E-state index contributed by atoms with van der Waals surface area (Å²) in [6.45, 7) is 4.43. The van der Waals surface area contributed by atoms with E-state index in [1.165, 1.54) is 12.3 Å². The molecule has 24 heavy (non-hydrogen) atoms. The summed E-state index contributed by atoms with van der Waals surface area (Å²) in [6.07, 6.45) is 1.71. The van der Waals surface area contributed by atoms with Gasteiger partial charge in [-0.2, -0.15) is 5.01 Å². The number of rotatable bonds is 5. The standard InChI is InChI=1S/C15H18N4O5/c1-4-15(3)13(22)19(14(23)17-15)18-11(20)8-24-12(21)10-6-5-9(2)16-7-10/h5-7H,4,8H2,1-3H3,(H,17,23)(H,18,20). The van der Waals surface area contributed by atoms with Gasteiger partial charge in [-0.1, -0.05) is 6.92 Å². The lowest BCUT2D eigenvalue weighted by Crippen LogP contribution is -2.49. The van der Waals surface area contributed by atoms with Crippen molar-refractivity contribution >= 4 is 23.8 Å². The summed E-state index contributed by atoms with van der Waals surface area (Å²) in [4.78, 5) is 51.4. The Hall–Kier alpha value is -2.97. The Bertz CT molecular complexity index is 688. The smallest absolute Gasteiger partial charge is 0.344 e. The minimum atomic E-state index is -1.06. The van der Waals surface area contributed by atoms with Crippen molar-refractivity contribution in [1.82, 2.24) is 20.7 Å². The molecule has 2 rings (SSSR count). The number of ether oxygens (including phenoxy) is 1. The largest absolute Gasteiger partial charge is 0.452 e. The number of esters is 1. The van der Waals surface area contributed by atoms with Crippen molar-refractivity contribution in [3.05, 3.63) is 29.6 Å². The molecule has 2 N–H and O–H groups in total. The maximum Gasteiger partial charge on any atom is 0.344 e. The molecule has 0 spiro atoms. The molecule has 1 saturated heterocycles. The second kappa shape index (κ2) is 6.65. The van der Waals surface area contributed by atoms with E-state index < -0.39 is 36.0 Å². The lowest BCUT2D eigenvalue weighted by molar-refractivity contribution is -0.139. The fourth-order valence-corrected chi connectivity index (χ4v) is 1.99. The molecular formula is C15H18N4O5. The van der Waals surface area contributed by atoms with Crippen molar-refractivity contribution < 1.29 is 23.9 Å². The van der Waals surface area contributed by atoms with Crippen LogP contribution < -0.4 is 10.7 Å². The number of carbonyl (C=O) groups is 4. The molecule has 9 nitrogen and oxygen atoms in total. The summed E-state index contributed by atoms with van der Waals surface area (Å²) in [5.41, 5.74) is 2.00. The summed E-state index contributed by atoms with van der Waals surface area (Å²) in [5, 5.41) is 3.08. The topological polar surface area (TPSA) is 118 Å². The Morgan fingerprint density at radius 1 is 1.38 bits per heavy atom. The molecule has 4 amide bonds. The molecule has 1 aliphatic rings. The highest BCUT2D eigenvalue weighted by Crippen LogP contribution is 2.19. The molecule has 1 aliphatic heterocycles. The maximum atomic E-state index is 12.1. The Morgan fingerprint density at radius 3 is 2.62 bits per heavy atom. The van der Waals surface area contributed by atoms with E-state index in [0.717, 1.165) is 5.69 Å². The van der Waals surface area contributed by atoms with Gasteiger partial charge in [-0.05, 0) is 32.4 Å². The number of urea groups is 1. The Labute approximate surface area is 138 Å². The van der Waals surface area contributed by atoms with Crippen LogP contribution in [-0.2, 0) is 14.3 Å². The Balaban J connectivity index is 1.90. The summed E-state index contributed by atoms with van der Waals surface area (Å²) < 4.78 is 4.83. The van der Waals surface area contributed by atoms with E-state index in [-0.39, 0.29) is 5.56 Å². The van der Waals surface area contributed by atoms with Gasteiger partial charge in [-0.3, -0.25) is 20.0 Å². The number of hydrogen-bond donors (Lipinski definition) is 2. The van der Waals surface area contributed by atoms with Gasteiger partial charge in [0, 0.05) is 11.9 Å². The molecule has 2 heterocycles. The number of aromatic nitrogens is 1. The number of aryl methyl sites for hydroxylation is 1. The normalized spacial score (nSPS) is 19.9. The highest BCUT2D eigenvalue weighted by atomic mass is 16.5. The second-order valence-electron chi connectivity index (χ2n) is 5.56. The molecule has 0 bridgehead atoms. The fourth-order valence-electron chi connectivity index (χ4n) is 1.99. The average molecular weight is 334 g/mol. The first-order chi connectivity index (χ1) is 11.3. The predicted molar refractivity (Wildman–Crippen MR) is 81.5 cm³/mol. The molecule has 0 aromatic carbocycles. The number of carbonyl (C=O) groups excluding carboxylic acids is 4. The van der Waals surface area contributed by atoms with Crippen LogP contribution in [0.3, 0.4) is 0 Å². The van der Waals surface area contributed by atoms with E-state index in [2.05, 4.69) is 15.7 Å². The van der Waals surface area contributed by atoms with E-state index in [4.69, 9.17) is 4.74 Å². The van der Waals surface area contributed by atoms with Crippen molar-refractivity contribution in [2.24, 2.45) is 0 Å². The van der Waals surface area contributed by atoms with Gasteiger partial charge in [0.1, 0.15) is 5.54 Å². The van der Waals surface area contributed by atoms with Crippen LogP contribution in [-0.4, -0.2) is 46.0 Å². The monoisotopic (exact) mass is 334 g/mol. The molecular weight excluding hydrogens is 316 g/mol. The number of nitrogens with one attached hydrogen (secondary N) is 2. The third kappa shape index (κ3) is 3.50. The minimum absolute atomic E-state index is 0.196. The number of hydrazine groups is 1. The molecule has 1 aromatic heterocycles. The molecule has 1 aromatic rings. The van der Waals surface area contributed by atoms with Gasteiger partial charge in [-0.15, -0.1) is 0 Å². The third-order valence-corrected chi connectivity index (χ3v) is 3.69. The fraction of sp³-hybridized carbons (Fsp3) is 0.400. The van der Waals surface area contributed by atoms with E-state index in [9.17, 15) is 19.2 Å². The highest BCUT2D eigenvalue weighted by Gasteiger charge is 2.47. The first-order valence-corrected chi connectivity index (χ1v) is 7.33. The maximum absolute atomic E-state index is 12.1. The van der Waals surface area contributed by atoms with Gasteiger partial charge < -0.3 is 10.1 Å². The molecule has 1 atom stereocenters. The lowest BCUT2D eigenvalue weighted by atomic mass is 10.00.